The number of amides is 1. The van der Waals surface area contributed by atoms with Crippen LogP contribution in [0.5, 0.6) is 11.5 Å². The van der Waals surface area contributed by atoms with Gasteiger partial charge in [-0.25, -0.2) is 4.39 Å². The van der Waals surface area contributed by atoms with E-state index in [-0.39, 0.29) is 23.8 Å². The molecule has 7 nitrogen and oxygen atoms in total. The van der Waals surface area contributed by atoms with Crippen molar-refractivity contribution >= 4 is 55.7 Å². The second-order valence-corrected chi connectivity index (χ2v) is 9.34. The molecule has 0 bridgehead atoms. The molecule has 1 N–H and O–H groups in total. The van der Waals surface area contributed by atoms with Crippen LogP contribution in [0.1, 0.15) is 37.8 Å². The summed E-state index contributed by atoms with van der Waals surface area (Å²) >= 11 is 4.85. The number of ether oxygens (including phenoxy) is 2. The van der Waals surface area contributed by atoms with Gasteiger partial charge in [0.15, 0.2) is 17.3 Å². The Kier molecular flexibility index (Phi) is 7.47. The lowest BCUT2D eigenvalue weighted by Gasteiger charge is -2.20. The van der Waals surface area contributed by atoms with Crippen LogP contribution in [0.15, 0.2) is 56.5 Å². The first kappa shape index (κ1) is 24.2. The first-order chi connectivity index (χ1) is 16.4. The van der Waals surface area contributed by atoms with Crippen molar-refractivity contribution in [2.24, 2.45) is 10.1 Å². The first-order valence-corrected chi connectivity index (χ1v) is 12.3. The number of hydrogen-bond donors (Lipinski definition) is 1. The van der Waals surface area contributed by atoms with Crippen LogP contribution in [0, 0.1) is 11.2 Å². The molecule has 0 fully saturated rings. The lowest BCUT2D eigenvalue weighted by atomic mass is 10.1. The summed E-state index contributed by atoms with van der Waals surface area (Å²) in [5.41, 5.74) is 1.59. The van der Waals surface area contributed by atoms with E-state index in [0.29, 0.717) is 33.3 Å². The van der Waals surface area contributed by atoms with E-state index < -0.39 is 5.91 Å². The molecule has 10 heteroatoms. The molecule has 4 rings (SSSR count). The third-order valence-corrected chi connectivity index (χ3v) is 6.46. The Hall–Kier alpha value is -2.98. The second-order valence-electron chi connectivity index (χ2n) is 7.44. The summed E-state index contributed by atoms with van der Waals surface area (Å²) in [4.78, 5) is 16.8. The van der Waals surface area contributed by atoms with Gasteiger partial charge in [-0.2, -0.15) is 15.1 Å². The lowest BCUT2D eigenvalue weighted by Crippen LogP contribution is -2.35. The number of amidine groups is 2. The smallest absolute Gasteiger partial charge is 0.283 e. The summed E-state index contributed by atoms with van der Waals surface area (Å²) in [6, 6.07) is 9.59. The van der Waals surface area contributed by atoms with Gasteiger partial charge in [-0.05, 0) is 88.9 Å². The van der Waals surface area contributed by atoms with Gasteiger partial charge in [0, 0.05) is 0 Å². The quantitative estimate of drug-likeness (QED) is 0.412. The Balaban J connectivity index is 1.61. The fourth-order valence-corrected chi connectivity index (χ4v) is 4.88. The molecule has 0 aliphatic carbocycles. The van der Waals surface area contributed by atoms with Crippen LogP contribution in [-0.2, 0) is 11.4 Å². The molecule has 0 atom stereocenters. The molecule has 0 saturated carbocycles. The molecule has 2 aromatic carbocycles. The van der Waals surface area contributed by atoms with E-state index in [9.17, 15) is 9.18 Å². The molecule has 1 amide bonds. The Morgan fingerprint density at radius 1 is 1.21 bits per heavy atom. The highest BCUT2D eigenvalue weighted by Crippen LogP contribution is 2.38. The molecular weight excluding hydrogens is 523 g/mol. The van der Waals surface area contributed by atoms with E-state index in [2.05, 4.69) is 26.0 Å². The van der Waals surface area contributed by atoms with Gasteiger partial charge in [-0.1, -0.05) is 19.1 Å². The summed E-state index contributed by atoms with van der Waals surface area (Å²) in [7, 11) is 0. The molecule has 2 aliphatic heterocycles. The van der Waals surface area contributed by atoms with Crippen LogP contribution < -0.4 is 9.47 Å². The minimum absolute atomic E-state index is 0.0145. The van der Waals surface area contributed by atoms with Crippen LogP contribution in [-0.4, -0.2) is 33.6 Å². The number of carbonyl (C=O) groups excluding carboxylic acids is 1. The van der Waals surface area contributed by atoms with Gasteiger partial charge in [0.1, 0.15) is 17.5 Å². The molecule has 2 heterocycles. The highest BCUT2D eigenvalue weighted by Gasteiger charge is 2.35. The largest absolute Gasteiger partial charge is 0.490 e. The predicted molar refractivity (Wildman–Crippen MR) is 136 cm³/mol. The molecule has 2 aromatic rings. The number of aliphatic imine (C=N–C) groups is 1. The Labute approximate surface area is 209 Å². The number of nitrogens with one attached hydrogen (secondary N) is 1. The van der Waals surface area contributed by atoms with E-state index in [0.717, 1.165) is 23.4 Å². The molecule has 0 saturated heterocycles. The van der Waals surface area contributed by atoms with Crippen molar-refractivity contribution in [1.29, 1.82) is 5.41 Å². The number of hydrazone groups is 1. The second kappa shape index (κ2) is 10.5. The van der Waals surface area contributed by atoms with Gasteiger partial charge in [-0.15, -0.1) is 0 Å². The molecule has 34 heavy (non-hydrogen) atoms. The zero-order chi connectivity index (χ0) is 24.2. The van der Waals surface area contributed by atoms with Crippen LogP contribution >= 0.6 is 27.7 Å². The zero-order valence-electron chi connectivity index (χ0n) is 18.6. The molecule has 0 aromatic heterocycles. The number of halogens is 2. The standard InChI is InChI=1S/C24H22BrFN4O3S/c1-3-5-20-29-30-22(27)17(23(31)28-24(30)34-20)10-15-11-18(25)21(19(12-15)32-4-2)33-13-14-6-8-16(26)9-7-14/h6-12,27H,3-5,13H2,1-2H3/b17-10-,27-22?. The Morgan fingerprint density at radius 2 is 1.97 bits per heavy atom. The van der Waals surface area contributed by atoms with Gasteiger partial charge < -0.3 is 9.47 Å². The van der Waals surface area contributed by atoms with Crippen LogP contribution in [0.25, 0.3) is 6.08 Å². The monoisotopic (exact) mass is 544 g/mol. The number of hydrogen-bond acceptors (Lipinski definition) is 6. The SMILES string of the molecule is CCCC1=NN2C(=N)/C(=C/c3cc(Br)c(OCc4ccc(F)cc4)c(OCC)c3)C(=O)N=C2S1. The fraction of sp³-hybridized carbons (Fsp3) is 0.250. The van der Waals surface area contributed by atoms with Crippen LogP contribution in [0.4, 0.5) is 4.39 Å². The normalized spacial score (nSPS) is 16.5. The molecule has 2 aliphatic rings. The summed E-state index contributed by atoms with van der Waals surface area (Å²) in [5, 5.41) is 15.6. The number of fused-ring (bicyclic) bond motifs is 1. The van der Waals surface area contributed by atoms with Gasteiger partial charge in [0.05, 0.1) is 16.7 Å². The van der Waals surface area contributed by atoms with E-state index in [4.69, 9.17) is 14.9 Å². The van der Waals surface area contributed by atoms with Crippen LogP contribution in [0.2, 0.25) is 0 Å². The van der Waals surface area contributed by atoms with Crippen molar-refractivity contribution in [1.82, 2.24) is 5.01 Å². The first-order valence-electron chi connectivity index (χ1n) is 10.7. The highest BCUT2D eigenvalue weighted by molar-refractivity contribution is 9.10. The third kappa shape index (κ3) is 5.23. The summed E-state index contributed by atoms with van der Waals surface area (Å²) < 4.78 is 25.5. The van der Waals surface area contributed by atoms with E-state index in [1.165, 1.54) is 28.9 Å². The van der Waals surface area contributed by atoms with Crippen molar-refractivity contribution in [3.8, 4) is 11.5 Å². The molecule has 176 valence electrons. The van der Waals surface area contributed by atoms with E-state index >= 15 is 0 Å². The average molecular weight is 545 g/mol. The topological polar surface area (TPSA) is 87.3 Å². The predicted octanol–water partition coefficient (Wildman–Crippen LogP) is 5.99. The van der Waals surface area contributed by atoms with Crippen molar-refractivity contribution in [2.45, 2.75) is 33.3 Å². The van der Waals surface area contributed by atoms with Crippen LogP contribution in [0.3, 0.4) is 0 Å². The van der Waals surface area contributed by atoms with Gasteiger partial charge in [-0.3, -0.25) is 10.2 Å². The maximum Gasteiger partial charge on any atom is 0.283 e. The van der Waals surface area contributed by atoms with Crippen molar-refractivity contribution in [3.63, 3.8) is 0 Å². The molecule has 0 radical (unpaired) electrons. The number of rotatable bonds is 8. The molecular formula is C24H22BrFN4O3S. The van der Waals surface area contributed by atoms with Gasteiger partial charge in [0.2, 0.25) is 5.17 Å². The Morgan fingerprint density at radius 3 is 2.68 bits per heavy atom. The van der Waals surface area contributed by atoms with Crippen molar-refractivity contribution in [3.05, 3.63) is 63.4 Å². The van der Waals surface area contributed by atoms with E-state index in [1.54, 1.807) is 30.3 Å². The number of benzene rings is 2. The highest BCUT2D eigenvalue weighted by atomic mass is 79.9. The zero-order valence-corrected chi connectivity index (χ0v) is 21.0. The molecule has 0 unspecified atom stereocenters. The minimum Gasteiger partial charge on any atom is -0.490 e. The molecule has 0 spiro atoms. The summed E-state index contributed by atoms with van der Waals surface area (Å²) in [6.45, 7) is 4.54. The van der Waals surface area contributed by atoms with E-state index in [1.807, 2.05) is 13.8 Å². The number of carbonyl (C=O) groups is 1. The number of nitrogens with zero attached hydrogens (tertiary/aromatic N) is 3. The maximum atomic E-state index is 13.2. The summed E-state index contributed by atoms with van der Waals surface area (Å²) in [5.74, 6) is 0.159. The average Bonchev–Trinajstić information content (AvgIpc) is 3.20. The van der Waals surface area contributed by atoms with Crippen molar-refractivity contribution in [2.75, 3.05) is 6.61 Å². The lowest BCUT2D eigenvalue weighted by molar-refractivity contribution is -0.114. The fourth-order valence-electron chi connectivity index (χ4n) is 3.32. The van der Waals surface area contributed by atoms with Gasteiger partial charge in [0.25, 0.3) is 5.91 Å². The minimum atomic E-state index is -0.484. The maximum absolute atomic E-state index is 13.2. The third-order valence-electron chi connectivity index (χ3n) is 4.90. The summed E-state index contributed by atoms with van der Waals surface area (Å²) in [6.07, 6.45) is 3.28. The Bertz CT molecular complexity index is 1230. The van der Waals surface area contributed by atoms with Gasteiger partial charge >= 0.3 is 0 Å². The number of thioether (sulfide) groups is 1. The van der Waals surface area contributed by atoms with Crippen molar-refractivity contribution < 1.29 is 18.7 Å².